The third-order valence-electron chi connectivity index (χ3n) is 7.86. The zero-order valence-corrected chi connectivity index (χ0v) is 25.8. The molecule has 3 aromatic heterocycles. The first-order chi connectivity index (χ1) is 20.1. The van der Waals surface area contributed by atoms with Gasteiger partial charge >= 0.3 is 0 Å². The molecule has 0 saturated carbocycles. The summed E-state index contributed by atoms with van der Waals surface area (Å²) < 4.78 is 6.04. The molecule has 1 aliphatic heterocycles. The Morgan fingerprint density at radius 3 is 2.52 bits per heavy atom. The highest BCUT2D eigenvalue weighted by molar-refractivity contribution is 7.97. The van der Waals surface area contributed by atoms with Crippen LogP contribution in [-0.2, 0) is 14.1 Å². The van der Waals surface area contributed by atoms with Crippen molar-refractivity contribution in [2.45, 2.75) is 38.6 Å². The highest BCUT2D eigenvalue weighted by atomic mass is 35.5. The molecule has 10 nitrogen and oxygen atoms in total. The van der Waals surface area contributed by atoms with Crippen molar-refractivity contribution in [3.05, 3.63) is 90.8 Å². The van der Waals surface area contributed by atoms with E-state index in [-0.39, 0.29) is 39.8 Å². The molecule has 0 bridgehead atoms. The van der Waals surface area contributed by atoms with Crippen molar-refractivity contribution in [1.82, 2.24) is 23.8 Å². The number of aryl methyl sites for hydroxylation is 1. The molecule has 1 saturated heterocycles. The molecule has 1 unspecified atom stereocenters. The summed E-state index contributed by atoms with van der Waals surface area (Å²) in [6, 6.07) is 12.3. The van der Waals surface area contributed by atoms with Crippen molar-refractivity contribution in [3.8, 4) is 0 Å². The Labute approximate surface area is 253 Å². The molecule has 0 radical (unpaired) electrons. The van der Waals surface area contributed by atoms with E-state index in [1.807, 2.05) is 45.2 Å². The number of hydrogen-bond acceptors (Lipinski definition) is 8. The van der Waals surface area contributed by atoms with Crippen LogP contribution in [0.1, 0.15) is 59.0 Å². The Balaban J connectivity index is 1.49. The minimum Gasteiger partial charge on any atom is -0.377 e. The fraction of sp³-hybridized carbons (Fsp3) is 0.367. The minimum atomic E-state index is -0.359. The molecule has 1 atom stereocenters. The number of aromatic nitrogens is 4. The van der Waals surface area contributed by atoms with Crippen molar-refractivity contribution >= 4 is 52.0 Å². The molecule has 12 heteroatoms. The third kappa shape index (κ3) is 5.76. The number of anilines is 2. The van der Waals surface area contributed by atoms with E-state index in [2.05, 4.69) is 19.9 Å². The summed E-state index contributed by atoms with van der Waals surface area (Å²) in [5.74, 6) is 0.506. The van der Waals surface area contributed by atoms with Crippen LogP contribution in [-0.4, -0.2) is 44.4 Å². The van der Waals surface area contributed by atoms with Crippen LogP contribution in [0.3, 0.4) is 0 Å². The van der Waals surface area contributed by atoms with Gasteiger partial charge in [0.25, 0.3) is 11.5 Å². The normalized spacial score (nSPS) is 14.7. The highest BCUT2D eigenvalue weighted by Gasteiger charge is 2.26. The molecule has 1 fully saturated rings. The maximum absolute atomic E-state index is 13.7. The molecule has 0 aliphatic carbocycles. The molecule has 1 aromatic carbocycles. The number of carbonyl (C=O) groups is 1. The Hall–Kier alpha value is -3.83. The van der Waals surface area contributed by atoms with Crippen LogP contribution in [0.2, 0.25) is 5.15 Å². The van der Waals surface area contributed by atoms with Crippen LogP contribution in [0.5, 0.6) is 0 Å². The standard InChI is InChI=1S/C30H34ClN7O3S/c1-17-15-20(18(2)32-22-9-10-24(31)33-27(22)28(40)35-42-5)26-21(16-17)29(41)37(4)30(34-26)38-13-11-19(12-14-38)23-7-6-8-25(39)36(23)3/h6-10,15-16,18-19,32H,11-14H2,1-5H3,(H,35,40). The Morgan fingerprint density at radius 1 is 1.07 bits per heavy atom. The number of halogens is 1. The molecule has 5 rings (SSSR count). The largest absolute Gasteiger partial charge is 0.377 e. The van der Waals surface area contributed by atoms with Crippen molar-refractivity contribution in [2.24, 2.45) is 14.1 Å². The van der Waals surface area contributed by atoms with E-state index in [4.69, 9.17) is 16.6 Å². The summed E-state index contributed by atoms with van der Waals surface area (Å²) in [6.07, 6.45) is 3.44. The number of piperidine rings is 1. The molecule has 220 valence electrons. The number of rotatable bonds is 7. The second-order valence-corrected chi connectivity index (χ2v) is 11.7. The van der Waals surface area contributed by atoms with Crippen LogP contribution < -0.4 is 26.1 Å². The first kappa shape index (κ1) is 29.7. The van der Waals surface area contributed by atoms with Gasteiger partial charge in [0, 0.05) is 56.7 Å². The average Bonchev–Trinajstić information content (AvgIpc) is 2.97. The minimum absolute atomic E-state index is 0.00884. The van der Waals surface area contributed by atoms with E-state index in [0.717, 1.165) is 29.7 Å². The maximum atomic E-state index is 13.7. The number of pyridine rings is 2. The number of nitrogens with zero attached hydrogens (tertiary/aromatic N) is 5. The Bertz CT molecular complexity index is 1780. The van der Waals surface area contributed by atoms with Crippen molar-refractivity contribution in [1.29, 1.82) is 0 Å². The number of hydrogen-bond donors (Lipinski definition) is 2. The van der Waals surface area contributed by atoms with Gasteiger partial charge in [0.2, 0.25) is 11.5 Å². The second kappa shape index (κ2) is 12.2. The SMILES string of the molecule is CSNC(=O)c1nc(Cl)ccc1NC(C)c1cc(C)cc2c(=O)n(C)c(N3CCC(c4cccc(=O)n4C)CC3)nc12. The topological polar surface area (TPSA) is 114 Å². The van der Waals surface area contributed by atoms with E-state index in [0.29, 0.717) is 35.6 Å². The van der Waals surface area contributed by atoms with Gasteiger partial charge in [-0.25, -0.2) is 9.97 Å². The Kier molecular flexibility index (Phi) is 8.60. The average molecular weight is 608 g/mol. The lowest BCUT2D eigenvalue weighted by Crippen LogP contribution is -2.38. The van der Waals surface area contributed by atoms with Crippen molar-refractivity contribution < 1.29 is 4.79 Å². The predicted molar refractivity (Wildman–Crippen MR) is 170 cm³/mol. The maximum Gasteiger partial charge on any atom is 0.281 e. The van der Waals surface area contributed by atoms with Gasteiger partial charge in [-0.3, -0.25) is 23.7 Å². The van der Waals surface area contributed by atoms with Crippen LogP contribution >= 0.6 is 23.5 Å². The first-order valence-corrected chi connectivity index (χ1v) is 15.4. The molecule has 0 spiro atoms. The van der Waals surface area contributed by atoms with Crippen LogP contribution in [0, 0.1) is 6.92 Å². The van der Waals surface area contributed by atoms with E-state index in [1.54, 1.807) is 40.6 Å². The number of fused-ring (bicyclic) bond motifs is 1. The van der Waals surface area contributed by atoms with Gasteiger partial charge in [0.1, 0.15) is 5.15 Å². The molecule has 42 heavy (non-hydrogen) atoms. The molecule has 4 heterocycles. The van der Waals surface area contributed by atoms with Gasteiger partial charge in [-0.2, -0.15) is 0 Å². The van der Waals surface area contributed by atoms with E-state index in [1.165, 1.54) is 11.9 Å². The summed E-state index contributed by atoms with van der Waals surface area (Å²) >= 11 is 7.28. The number of carbonyl (C=O) groups excluding carboxylic acids is 1. The van der Waals surface area contributed by atoms with Gasteiger partial charge in [0.15, 0.2) is 5.69 Å². The van der Waals surface area contributed by atoms with Gasteiger partial charge in [-0.15, -0.1) is 0 Å². The fourth-order valence-corrected chi connectivity index (χ4v) is 6.13. The number of amides is 1. The zero-order valence-electron chi connectivity index (χ0n) is 24.3. The monoisotopic (exact) mass is 607 g/mol. The summed E-state index contributed by atoms with van der Waals surface area (Å²) in [6.45, 7) is 5.33. The number of benzene rings is 1. The smallest absolute Gasteiger partial charge is 0.281 e. The highest BCUT2D eigenvalue weighted by Crippen LogP contribution is 2.32. The molecule has 2 N–H and O–H groups in total. The fourth-order valence-electron chi connectivity index (χ4n) is 5.70. The predicted octanol–water partition coefficient (Wildman–Crippen LogP) is 4.55. The second-order valence-electron chi connectivity index (χ2n) is 10.7. The van der Waals surface area contributed by atoms with Crippen LogP contribution in [0.4, 0.5) is 11.6 Å². The van der Waals surface area contributed by atoms with E-state index in [9.17, 15) is 14.4 Å². The van der Waals surface area contributed by atoms with E-state index >= 15 is 0 Å². The van der Waals surface area contributed by atoms with Crippen molar-refractivity contribution in [3.63, 3.8) is 0 Å². The molecule has 4 aromatic rings. The van der Waals surface area contributed by atoms with E-state index < -0.39 is 0 Å². The van der Waals surface area contributed by atoms with Gasteiger partial charge < -0.3 is 14.8 Å². The molecule has 1 amide bonds. The first-order valence-electron chi connectivity index (χ1n) is 13.8. The lowest BCUT2D eigenvalue weighted by atomic mass is 9.93. The molecular formula is C30H34ClN7O3S. The molecular weight excluding hydrogens is 574 g/mol. The van der Waals surface area contributed by atoms with Gasteiger partial charge in [-0.1, -0.05) is 35.7 Å². The Morgan fingerprint density at radius 2 is 1.81 bits per heavy atom. The van der Waals surface area contributed by atoms with Gasteiger partial charge in [0.05, 0.1) is 22.6 Å². The summed E-state index contributed by atoms with van der Waals surface area (Å²) in [5, 5.41) is 4.15. The van der Waals surface area contributed by atoms with Crippen molar-refractivity contribution in [2.75, 3.05) is 29.6 Å². The van der Waals surface area contributed by atoms with Crippen LogP contribution in [0.15, 0.2) is 52.1 Å². The lowest BCUT2D eigenvalue weighted by Gasteiger charge is -2.34. The summed E-state index contributed by atoms with van der Waals surface area (Å²) in [5.41, 5.74) is 3.99. The summed E-state index contributed by atoms with van der Waals surface area (Å²) in [4.78, 5) is 50.0. The zero-order chi connectivity index (χ0) is 30.1. The quantitative estimate of drug-likeness (QED) is 0.232. The van der Waals surface area contributed by atoms with Gasteiger partial charge in [-0.05, 0) is 56.5 Å². The lowest BCUT2D eigenvalue weighted by molar-refractivity contribution is 0.0980. The van der Waals surface area contributed by atoms with Crippen LogP contribution in [0.25, 0.3) is 10.9 Å². The molecule has 1 aliphatic rings. The third-order valence-corrected chi connectivity index (χ3v) is 8.46. The summed E-state index contributed by atoms with van der Waals surface area (Å²) in [7, 11) is 3.58. The number of nitrogens with one attached hydrogen (secondary N) is 2.